The van der Waals surface area contributed by atoms with Crippen LogP contribution in [0.1, 0.15) is 48.0 Å². The molecule has 0 bridgehead atoms. The highest BCUT2D eigenvalue weighted by Gasteiger charge is 2.58. The minimum Gasteiger partial charge on any atom is -0.378 e. The molecule has 0 radical (unpaired) electrons. The third kappa shape index (κ3) is 3.14. The van der Waals surface area contributed by atoms with Gasteiger partial charge in [0, 0.05) is 24.0 Å². The Hall–Kier alpha value is -1.10. The van der Waals surface area contributed by atoms with Crippen LogP contribution in [0, 0.1) is 10.8 Å². The summed E-state index contributed by atoms with van der Waals surface area (Å²) in [5.74, 6) is -0.277. The van der Waals surface area contributed by atoms with E-state index in [2.05, 4.69) is 31.4 Å². The number of carbonyl (C=O) groups is 2. The first kappa shape index (κ1) is 17.0. The lowest BCUT2D eigenvalue weighted by atomic mass is 9.56. The summed E-state index contributed by atoms with van der Waals surface area (Å²) in [6, 6.07) is 0.0755. The van der Waals surface area contributed by atoms with E-state index in [1.807, 2.05) is 20.8 Å². The number of hydrogen-bond donors (Lipinski definition) is 2. The zero-order valence-corrected chi connectivity index (χ0v) is 13.7. The first-order valence-corrected chi connectivity index (χ1v) is 7.07. The van der Waals surface area contributed by atoms with Crippen molar-refractivity contribution in [2.24, 2.45) is 10.8 Å². The molecule has 1 aliphatic rings. The van der Waals surface area contributed by atoms with Crippen LogP contribution in [0.2, 0.25) is 0 Å². The summed E-state index contributed by atoms with van der Waals surface area (Å²) in [6.07, 6.45) is 0.787. The van der Waals surface area contributed by atoms with Gasteiger partial charge in [-0.2, -0.15) is 0 Å². The van der Waals surface area contributed by atoms with Crippen molar-refractivity contribution in [2.75, 3.05) is 13.7 Å². The molecular weight excluding hydrogens is 256 g/mol. The third-order valence-electron chi connectivity index (χ3n) is 4.70. The number of rotatable bonds is 4. The van der Waals surface area contributed by atoms with E-state index in [4.69, 9.17) is 4.74 Å². The van der Waals surface area contributed by atoms with Crippen LogP contribution in [0.15, 0.2) is 0 Å². The average Bonchev–Trinajstić information content (AvgIpc) is 2.33. The summed E-state index contributed by atoms with van der Waals surface area (Å²) < 4.78 is 5.52. The molecule has 1 fully saturated rings. The molecule has 5 nitrogen and oxygen atoms in total. The fourth-order valence-electron chi connectivity index (χ4n) is 2.39. The topological polar surface area (TPSA) is 67.4 Å². The number of carbonyl (C=O) groups excluding carboxylic acids is 2. The lowest BCUT2D eigenvalue weighted by Crippen LogP contribution is -2.69. The van der Waals surface area contributed by atoms with E-state index in [0.29, 0.717) is 0 Å². The van der Waals surface area contributed by atoms with E-state index in [1.54, 1.807) is 7.11 Å². The summed E-state index contributed by atoms with van der Waals surface area (Å²) in [4.78, 5) is 23.6. The minimum atomic E-state index is -0.482. The maximum Gasteiger partial charge on any atom is 0.239 e. The van der Waals surface area contributed by atoms with Gasteiger partial charge < -0.3 is 15.4 Å². The molecule has 2 unspecified atom stereocenters. The smallest absolute Gasteiger partial charge is 0.239 e. The Balaban J connectivity index is 2.44. The zero-order chi connectivity index (χ0) is 15.8. The Labute approximate surface area is 121 Å². The number of amides is 2. The second kappa shape index (κ2) is 5.35. The van der Waals surface area contributed by atoms with E-state index >= 15 is 0 Å². The Morgan fingerprint density at radius 3 is 2.20 bits per heavy atom. The molecule has 0 heterocycles. The number of hydrogen-bond acceptors (Lipinski definition) is 3. The summed E-state index contributed by atoms with van der Waals surface area (Å²) in [5, 5.41) is 5.63. The molecule has 20 heavy (non-hydrogen) atoms. The van der Waals surface area contributed by atoms with Gasteiger partial charge in [0.1, 0.15) is 0 Å². The highest BCUT2D eigenvalue weighted by atomic mass is 16.5. The van der Waals surface area contributed by atoms with Crippen LogP contribution in [0.4, 0.5) is 0 Å². The molecule has 0 aromatic heterocycles. The molecule has 0 aromatic carbocycles. The molecule has 0 aliphatic heterocycles. The van der Waals surface area contributed by atoms with Gasteiger partial charge in [0.2, 0.25) is 11.8 Å². The molecule has 5 heteroatoms. The van der Waals surface area contributed by atoms with Gasteiger partial charge in [0.25, 0.3) is 0 Å². The van der Waals surface area contributed by atoms with Gasteiger partial charge in [0.15, 0.2) is 0 Å². The summed E-state index contributed by atoms with van der Waals surface area (Å²) >= 11 is 0. The number of methoxy groups -OCH3 is 1. The predicted octanol–water partition coefficient (Wildman–Crippen LogP) is 1.47. The highest BCUT2D eigenvalue weighted by Crippen LogP contribution is 2.51. The molecule has 2 N–H and O–H groups in total. The Bertz CT molecular complexity index is 398. The first-order valence-electron chi connectivity index (χ1n) is 7.07. The second-order valence-electron chi connectivity index (χ2n) is 7.41. The zero-order valence-electron chi connectivity index (χ0n) is 13.7. The SMILES string of the molecule is COC1(C)CC(NC(=O)CNC(=O)C(C)(C)C)C1(C)C. The van der Waals surface area contributed by atoms with Crippen LogP contribution < -0.4 is 10.6 Å². The van der Waals surface area contributed by atoms with Crippen molar-refractivity contribution in [1.29, 1.82) is 0 Å². The van der Waals surface area contributed by atoms with Gasteiger partial charge >= 0.3 is 0 Å². The maximum absolute atomic E-state index is 11.9. The summed E-state index contributed by atoms with van der Waals surface area (Å²) in [7, 11) is 1.70. The predicted molar refractivity (Wildman–Crippen MR) is 78.2 cm³/mol. The van der Waals surface area contributed by atoms with Gasteiger partial charge in [-0.1, -0.05) is 34.6 Å². The average molecular weight is 284 g/mol. The Kier molecular flexibility index (Phi) is 4.54. The molecule has 2 amide bonds. The molecule has 0 spiro atoms. The van der Waals surface area contributed by atoms with Crippen molar-refractivity contribution in [3.05, 3.63) is 0 Å². The van der Waals surface area contributed by atoms with Crippen molar-refractivity contribution >= 4 is 11.8 Å². The van der Waals surface area contributed by atoms with Gasteiger partial charge in [0.05, 0.1) is 12.1 Å². The maximum atomic E-state index is 11.9. The number of nitrogens with one attached hydrogen (secondary N) is 2. The van der Waals surface area contributed by atoms with Crippen LogP contribution in [-0.4, -0.2) is 37.1 Å². The molecule has 0 aromatic rings. The quantitative estimate of drug-likeness (QED) is 0.821. The number of ether oxygens (including phenoxy) is 1. The summed E-state index contributed by atoms with van der Waals surface area (Å²) in [6.45, 7) is 11.7. The van der Waals surface area contributed by atoms with Gasteiger partial charge in [-0.05, 0) is 13.3 Å². The van der Waals surface area contributed by atoms with E-state index < -0.39 is 5.41 Å². The standard InChI is InChI=1S/C15H28N2O3/c1-13(2,3)12(19)16-9-11(18)17-10-8-15(6,20-7)14(10,4)5/h10H,8-9H2,1-7H3,(H,16,19)(H,17,18). The fraction of sp³-hybridized carbons (Fsp3) is 0.867. The molecule has 1 rings (SSSR count). The lowest BCUT2D eigenvalue weighted by molar-refractivity contribution is -0.182. The van der Waals surface area contributed by atoms with Crippen LogP contribution in [0.5, 0.6) is 0 Å². The van der Waals surface area contributed by atoms with Crippen molar-refractivity contribution in [3.63, 3.8) is 0 Å². The van der Waals surface area contributed by atoms with Crippen LogP contribution in [-0.2, 0) is 14.3 Å². The van der Waals surface area contributed by atoms with Gasteiger partial charge in [-0.15, -0.1) is 0 Å². The van der Waals surface area contributed by atoms with Gasteiger partial charge in [-0.3, -0.25) is 9.59 Å². The Morgan fingerprint density at radius 2 is 1.80 bits per heavy atom. The second-order valence-corrected chi connectivity index (χ2v) is 7.41. The molecule has 0 saturated heterocycles. The monoisotopic (exact) mass is 284 g/mol. The molecular formula is C15H28N2O3. The Morgan fingerprint density at radius 1 is 1.25 bits per heavy atom. The van der Waals surface area contributed by atoms with Crippen molar-refractivity contribution in [2.45, 2.75) is 59.6 Å². The molecule has 1 aliphatic carbocycles. The summed E-state index contributed by atoms with van der Waals surface area (Å²) in [5.41, 5.74) is -0.810. The van der Waals surface area contributed by atoms with E-state index in [-0.39, 0.29) is 35.4 Å². The third-order valence-corrected chi connectivity index (χ3v) is 4.70. The largest absolute Gasteiger partial charge is 0.378 e. The van der Waals surface area contributed by atoms with Gasteiger partial charge in [-0.25, -0.2) is 0 Å². The first-order chi connectivity index (χ1) is 8.94. The fourth-order valence-corrected chi connectivity index (χ4v) is 2.39. The lowest BCUT2D eigenvalue weighted by Gasteiger charge is -2.59. The van der Waals surface area contributed by atoms with Crippen LogP contribution >= 0.6 is 0 Å². The van der Waals surface area contributed by atoms with E-state index in [9.17, 15) is 9.59 Å². The van der Waals surface area contributed by atoms with E-state index in [1.165, 1.54) is 0 Å². The van der Waals surface area contributed by atoms with Crippen molar-refractivity contribution in [3.8, 4) is 0 Å². The van der Waals surface area contributed by atoms with E-state index in [0.717, 1.165) is 6.42 Å². The molecule has 1 saturated carbocycles. The van der Waals surface area contributed by atoms with Crippen molar-refractivity contribution in [1.82, 2.24) is 10.6 Å². The molecule has 2 atom stereocenters. The normalized spacial score (nSPS) is 28.4. The minimum absolute atomic E-state index is 0.0202. The molecule has 116 valence electrons. The van der Waals surface area contributed by atoms with Crippen LogP contribution in [0.3, 0.4) is 0 Å². The van der Waals surface area contributed by atoms with Crippen molar-refractivity contribution < 1.29 is 14.3 Å². The highest BCUT2D eigenvalue weighted by molar-refractivity contribution is 5.87. The van der Waals surface area contributed by atoms with Crippen LogP contribution in [0.25, 0.3) is 0 Å².